The summed E-state index contributed by atoms with van der Waals surface area (Å²) in [5.41, 5.74) is -1.32. The molecule has 0 fully saturated rings. The Morgan fingerprint density at radius 2 is 1.88 bits per heavy atom. The summed E-state index contributed by atoms with van der Waals surface area (Å²) >= 11 is 5.96. The van der Waals surface area contributed by atoms with Crippen LogP contribution in [-0.2, 0) is 18.0 Å². The van der Waals surface area contributed by atoms with Crippen molar-refractivity contribution in [1.29, 1.82) is 0 Å². The third kappa shape index (κ3) is 5.78. The highest BCUT2D eigenvalue weighted by molar-refractivity contribution is 6.31. The van der Waals surface area contributed by atoms with Crippen LogP contribution in [0.25, 0.3) is 28.2 Å². The molecule has 5 aromatic rings. The minimum Gasteiger partial charge on any atom is -0.618 e. The van der Waals surface area contributed by atoms with Gasteiger partial charge >= 0.3 is 12.8 Å². The molecule has 0 aliphatic rings. The largest absolute Gasteiger partial charge is 0.618 e. The Balaban J connectivity index is 1.55. The second kappa shape index (κ2) is 11.4. The SMILES string of the molecule is Cn1ncnc1-c1cnn(C(CCOC(F)F)c2ccc(-c3c(-n4cc(C(F)(F)F)nn4)ccc(Cl)c3F)c[n+]2[O-])c1. The van der Waals surface area contributed by atoms with Crippen LogP contribution in [-0.4, -0.2) is 52.8 Å². The number of halogens is 7. The normalized spacial score (nSPS) is 12.8. The van der Waals surface area contributed by atoms with Crippen LogP contribution in [0.5, 0.6) is 0 Å². The fourth-order valence-corrected chi connectivity index (χ4v) is 4.44. The molecule has 0 radical (unpaired) electrons. The minimum atomic E-state index is -4.80. The van der Waals surface area contributed by atoms with Crippen LogP contribution in [0.1, 0.15) is 23.9 Å². The van der Waals surface area contributed by atoms with E-state index >= 15 is 4.39 Å². The summed E-state index contributed by atoms with van der Waals surface area (Å²) in [6.07, 6.45) is 0.961. The molecular weight excluding hydrogens is 596 g/mol. The predicted molar refractivity (Wildman–Crippen MR) is 133 cm³/mol. The fourth-order valence-electron chi connectivity index (χ4n) is 4.28. The quantitative estimate of drug-likeness (QED) is 0.136. The molecule has 1 atom stereocenters. The van der Waals surface area contributed by atoms with Gasteiger partial charge in [-0.15, -0.1) is 5.10 Å². The lowest BCUT2D eigenvalue weighted by Gasteiger charge is -2.18. The minimum absolute atomic E-state index is 0.0216. The van der Waals surface area contributed by atoms with Crippen molar-refractivity contribution in [2.45, 2.75) is 25.3 Å². The second-order valence-electron chi connectivity index (χ2n) is 8.82. The number of hydrogen-bond acceptors (Lipinski definition) is 7. The maximum Gasteiger partial charge on any atom is 0.436 e. The van der Waals surface area contributed by atoms with Gasteiger partial charge in [-0.05, 0) is 18.2 Å². The lowest BCUT2D eigenvalue weighted by Crippen LogP contribution is -2.36. The Hall–Kier alpha value is -4.51. The molecule has 4 heterocycles. The molecule has 18 heteroatoms. The highest BCUT2D eigenvalue weighted by atomic mass is 35.5. The third-order valence-electron chi connectivity index (χ3n) is 6.20. The standard InChI is InChI=1S/C24H18ClF6N9O2/c1-37-22(32-12-34-37)14-8-33-38(9-14)16(6-7-42-23(27)28)17-4-2-13(10-40(17)41)20-18(5-3-15(25)21(20)26)39-11-19(35-36-39)24(29,30)31/h2-5,8-12,16,23H,6-7H2,1H3. The van der Waals surface area contributed by atoms with Crippen molar-refractivity contribution in [2.75, 3.05) is 6.61 Å². The van der Waals surface area contributed by atoms with E-state index in [2.05, 4.69) is 30.2 Å². The molecular formula is C24H18ClF6N9O2. The summed E-state index contributed by atoms with van der Waals surface area (Å²) in [6, 6.07) is 4.06. The zero-order chi connectivity index (χ0) is 30.2. The number of pyridine rings is 1. The molecule has 0 spiro atoms. The molecule has 220 valence electrons. The van der Waals surface area contributed by atoms with Crippen LogP contribution in [0, 0.1) is 11.0 Å². The van der Waals surface area contributed by atoms with Crippen molar-refractivity contribution in [1.82, 2.24) is 39.5 Å². The molecule has 0 saturated heterocycles. The highest BCUT2D eigenvalue weighted by Gasteiger charge is 2.35. The van der Waals surface area contributed by atoms with E-state index in [0.29, 0.717) is 27.0 Å². The van der Waals surface area contributed by atoms with E-state index in [1.807, 2.05) is 0 Å². The van der Waals surface area contributed by atoms with E-state index in [4.69, 9.17) is 11.6 Å². The third-order valence-corrected chi connectivity index (χ3v) is 6.50. The number of aryl methyl sites for hydroxylation is 1. The molecule has 0 amide bonds. The van der Waals surface area contributed by atoms with Crippen LogP contribution < -0.4 is 4.73 Å². The summed E-state index contributed by atoms with van der Waals surface area (Å²) in [4.78, 5) is 4.13. The summed E-state index contributed by atoms with van der Waals surface area (Å²) < 4.78 is 88.4. The summed E-state index contributed by atoms with van der Waals surface area (Å²) in [7, 11) is 1.66. The molecule has 0 bridgehead atoms. The molecule has 1 unspecified atom stereocenters. The Labute approximate surface area is 237 Å². The van der Waals surface area contributed by atoms with Gasteiger partial charge in [0, 0.05) is 25.7 Å². The second-order valence-corrected chi connectivity index (χ2v) is 9.23. The summed E-state index contributed by atoms with van der Waals surface area (Å²) in [6.45, 7) is -3.48. The maximum absolute atomic E-state index is 15.3. The van der Waals surface area contributed by atoms with Gasteiger partial charge in [0.25, 0.3) is 0 Å². The number of nitrogens with zero attached hydrogens (tertiary/aromatic N) is 9. The van der Waals surface area contributed by atoms with E-state index in [9.17, 15) is 27.2 Å². The van der Waals surface area contributed by atoms with E-state index < -0.39 is 36.9 Å². The monoisotopic (exact) mass is 613 g/mol. The number of ether oxygens (including phenoxy) is 1. The Kier molecular flexibility index (Phi) is 7.87. The van der Waals surface area contributed by atoms with Gasteiger partial charge in [0.2, 0.25) is 5.69 Å². The van der Waals surface area contributed by atoms with E-state index in [-0.39, 0.29) is 34.0 Å². The van der Waals surface area contributed by atoms with Crippen LogP contribution >= 0.6 is 11.6 Å². The van der Waals surface area contributed by atoms with Crippen LogP contribution in [0.3, 0.4) is 0 Å². The van der Waals surface area contributed by atoms with Crippen molar-refractivity contribution < 1.29 is 35.8 Å². The van der Waals surface area contributed by atoms with Crippen LogP contribution in [0.15, 0.2) is 55.4 Å². The molecule has 0 aliphatic carbocycles. The first-order valence-corrected chi connectivity index (χ1v) is 12.3. The van der Waals surface area contributed by atoms with Gasteiger partial charge in [-0.3, -0.25) is 4.68 Å². The van der Waals surface area contributed by atoms with Gasteiger partial charge in [-0.25, -0.2) is 18.7 Å². The van der Waals surface area contributed by atoms with Crippen LogP contribution in [0.2, 0.25) is 5.02 Å². The molecule has 5 rings (SSSR count). The van der Waals surface area contributed by atoms with Crippen molar-refractivity contribution in [3.8, 4) is 28.2 Å². The van der Waals surface area contributed by atoms with Crippen molar-refractivity contribution in [3.63, 3.8) is 0 Å². The average molecular weight is 614 g/mol. The number of alkyl halides is 5. The lowest BCUT2D eigenvalue weighted by molar-refractivity contribution is -0.615. The van der Waals surface area contributed by atoms with Crippen LogP contribution in [0.4, 0.5) is 26.3 Å². The van der Waals surface area contributed by atoms with Gasteiger partial charge in [-0.1, -0.05) is 16.8 Å². The molecule has 0 aliphatic heterocycles. The van der Waals surface area contributed by atoms with Gasteiger partial charge in [-0.2, -0.15) is 36.9 Å². The van der Waals surface area contributed by atoms with Gasteiger partial charge in [0.1, 0.15) is 12.4 Å². The summed E-state index contributed by atoms with van der Waals surface area (Å²) in [5, 5.41) is 27.7. The topological polar surface area (TPSA) is 115 Å². The smallest absolute Gasteiger partial charge is 0.436 e. The number of aromatic nitrogens is 9. The van der Waals surface area contributed by atoms with Gasteiger partial charge < -0.3 is 9.94 Å². The first-order valence-electron chi connectivity index (χ1n) is 11.9. The first kappa shape index (κ1) is 29.0. The average Bonchev–Trinajstić information content (AvgIpc) is 3.69. The number of rotatable bonds is 9. The molecule has 42 heavy (non-hydrogen) atoms. The molecule has 1 aromatic carbocycles. The molecule has 0 saturated carbocycles. The van der Waals surface area contributed by atoms with E-state index in [1.54, 1.807) is 13.2 Å². The van der Waals surface area contributed by atoms with E-state index in [1.165, 1.54) is 40.1 Å². The number of benzene rings is 1. The number of hydrogen-bond donors (Lipinski definition) is 0. The van der Waals surface area contributed by atoms with E-state index in [0.717, 1.165) is 12.3 Å². The fraction of sp³-hybridized carbons (Fsp3) is 0.250. The zero-order valence-electron chi connectivity index (χ0n) is 21.3. The maximum atomic E-state index is 15.3. The molecule has 11 nitrogen and oxygen atoms in total. The molecule has 4 aromatic heterocycles. The first-order chi connectivity index (χ1) is 19.9. The molecule has 0 N–H and O–H groups in total. The lowest BCUT2D eigenvalue weighted by atomic mass is 10.0. The van der Waals surface area contributed by atoms with Crippen molar-refractivity contribution >= 4 is 11.6 Å². The highest BCUT2D eigenvalue weighted by Crippen LogP contribution is 2.35. The Morgan fingerprint density at radius 1 is 1.10 bits per heavy atom. The Bertz CT molecular complexity index is 1720. The van der Waals surface area contributed by atoms with Gasteiger partial charge in [0.15, 0.2) is 23.5 Å². The zero-order valence-corrected chi connectivity index (χ0v) is 22.0. The predicted octanol–water partition coefficient (Wildman–Crippen LogP) is 4.59. The van der Waals surface area contributed by atoms with Gasteiger partial charge in [0.05, 0.1) is 46.4 Å². The van der Waals surface area contributed by atoms with Crippen molar-refractivity contribution in [3.05, 3.63) is 82.8 Å². The van der Waals surface area contributed by atoms with Crippen molar-refractivity contribution in [2.24, 2.45) is 7.05 Å². The Morgan fingerprint density at radius 3 is 2.52 bits per heavy atom. The summed E-state index contributed by atoms with van der Waals surface area (Å²) in [5.74, 6) is -0.562.